The van der Waals surface area contributed by atoms with Crippen LogP contribution < -0.4 is 5.32 Å². The molecule has 1 atom stereocenters. The van der Waals surface area contributed by atoms with Crippen molar-refractivity contribution in [1.29, 1.82) is 0 Å². The minimum Gasteiger partial charge on any atom is -0.373 e. The Bertz CT molecular complexity index is 106. The zero-order valence-electron chi connectivity index (χ0n) is 6.06. The fourth-order valence-corrected chi connectivity index (χ4v) is 1.67. The van der Waals surface area contributed by atoms with Crippen molar-refractivity contribution >= 4 is 12.4 Å². The molecule has 2 fully saturated rings. The van der Waals surface area contributed by atoms with Gasteiger partial charge in [0.1, 0.15) is 0 Å². The van der Waals surface area contributed by atoms with Crippen LogP contribution in [0.4, 0.5) is 0 Å². The molecule has 2 heterocycles. The number of halogens is 1. The third kappa shape index (κ3) is 1.29. The van der Waals surface area contributed by atoms with Crippen LogP contribution in [0.5, 0.6) is 0 Å². The number of nitrogens with one attached hydrogen (secondary N) is 1. The summed E-state index contributed by atoms with van der Waals surface area (Å²) in [5.41, 5.74) is 0.290. The van der Waals surface area contributed by atoms with Crippen molar-refractivity contribution in [2.75, 3.05) is 19.7 Å². The van der Waals surface area contributed by atoms with Gasteiger partial charge in [-0.05, 0) is 19.4 Å². The van der Waals surface area contributed by atoms with Crippen LogP contribution in [-0.2, 0) is 4.74 Å². The van der Waals surface area contributed by atoms with Gasteiger partial charge in [0.15, 0.2) is 0 Å². The topological polar surface area (TPSA) is 21.3 Å². The summed E-state index contributed by atoms with van der Waals surface area (Å²) in [6, 6.07) is 0. The largest absolute Gasteiger partial charge is 0.373 e. The third-order valence-electron chi connectivity index (χ3n) is 2.40. The Labute approximate surface area is 67.7 Å². The molecule has 0 aromatic carbocycles. The lowest BCUT2D eigenvalue weighted by atomic mass is 9.87. The second-order valence-corrected chi connectivity index (χ2v) is 3.06. The van der Waals surface area contributed by atoms with Crippen molar-refractivity contribution in [2.24, 2.45) is 0 Å². The second kappa shape index (κ2) is 3.07. The van der Waals surface area contributed by atoms with Crippen molar-refractivity contribution in [2.45, 2.75) is 24.9 Å². The molecule has 2 rings (SSSR count). The van der Waals surface area contributed by atoms with Crippen molar-refractivity contribution in [3.8, 4) is 0 Å². The van der Waals surface area contributed by atoms with Gasteiger partial charge < -0.3 is 10.1 Å². The molecular formula is C7H14ClNO. The predicted octanol–water partition coefficient (Wildman–Crippen LogP) is 0.951. The monoisotopic (exact) mass is 163 g/mol. The van der Waals surface area contributed by atoms with Gasteiger partial charge in [0, 0.05) is 13.0 Å². The smallest absolute Gasteiger partial charge is 0.0828 e. The molecule has 0 saturated carbocycles. The minimum absolute atomic E-state index is 0. The van der Waals surface area contributed by atoms with Crippen LogP contribution in [0, 0.1) is 0 Å². The molecule has 10 heavy (non-hydrogen) atoms. The highest BCUT2D eigenvalue weighted by molar-refractivity contribution is 5.85. The van der Waals surface area contributed by atoms with Gasteiger partial charge in [-0.1, -0.05) is 0 Å². The van der Waals surface area contributed by atoms with Gasteiger partial charge in [0.05, 0.1) is 12.2 Å². The molecule has 2 aliphatic rings. The standard InChI is InChI=1S/C7H13NO.ClH/c1-2-7(3-5-9-7)6-8-4-1;/h8H,1-6H2;1H. The molecule has 60 valence electrons. The highest BCUT2D eigenvalue weighted by Gasteiger charge is 2.38. The van der Waals surface area contributed by atoms with E-state index in [-0.39, 0.29) is 18.0 Å². The third-order valence-corrected chi connectivity index (χ3v) is 2.40. The van der Waals surface area contributed by atoms with E-state index >= 15 is 0 Å². The maximum absolute atomic E-state index is 5.50. The average molecular weight is 164 g/mol. The number of ether oxygens (including phenoxy) is 1. The van der Waals surface area contributed by atoms with E-state index in [1.165, 1.54) is 25.8 Å². The lowest BCUT2D eigenvalue weighted by molar-refractivity contribution is -0.155. The average Bonchev–Trinajstić information content (AvgIpc) is 1.87. The molecule has 0 radical (unpaired) electrons. The highest BCUT2D eigenvalue weighted by atomic mass is 35.5. The Hall–Kier alpha value is 0.210. The first kappa shape index (κ1) is 8.31. The molecule has 0 aromatic heterocycles. The van der Waals surface area contributed by atoms with Crippen molar-refractivity contribution in [1.82, 2.24) is 5.32 Å². The van der Waals surface area contributed by atoms with Gasteiger partial charge in [-0.25, -0.2) is 0 Å². The molecule has 1 N–H and O–H groups in total. The Morgan fingerprint density at radius 1 is 1.30 bits per heavy atom. The number of hydrogen-bond acceptors (Lipinski definition) is 2. The van der Waals surface area contributed by atoms with Crippen molar-refractivity contribution < 1.29 is 4.74 Å². The normalized spacial score (nSPS) is 38.4. The molecule has 3 heteroatoms. The van der Waals surface area contributed by atoms with Crippen LogP contribution in [-0.4, -0.2) is 25.3 Å². The Morgan fingerprint density at radius 2 is 2.10 bits per heavy atom. The molecule has 2 aliphatic heterocycles. The van der Waals surface area contributed by atoms with E-state index in [2.05, 4.69) is 5.32 Å². The summed E-state index contributed by atoms with van der Waals surface area (Å²) in [5.74, 6) is 0. The first-order chi connectivity index (χ1) is 4.41. The Morgan fingerprint density at radius 3 is 2.40 bits per heavy atom. The van der Waals surface area contributed by atoms with Crippen LogP contribution in [0.1, 0.15) is 19.3 Å². The van der Waals surface area contributed by atoms with E-state index in [9.17, 15) is 0 Å². The summed E-state index contributed by atoms with van der Waals surface area (Å²) in [6.07, 6.45) is 3.85. The first-order valence-electron chi connectivity index (χ1n) is 3.76. The van der Waals surface area contributed by atoms with E-state index < -0.39 is 0 Å². The maximum Gasteiger partial charge on any atom is 0.0828 e. The summed E-state index contributed by atoms with van der Waals surface area (Å²) in [4.78, 5) is 0. The fourth-order valence-electron chi connectivity index (χ4n) is 1.67. The van der Waals surface area contributed by atoms with Crippen molar-refractivity contribution in [3.05, 3.63) is 0 Å². The summed E-state index contributed by atoms with van der Waals surface area (Å²) < 4.78 is 5.50. The van der Waals surface area contributed by atoms with Crippen LogP contribution in [0.2, 0.25) is 0 Å². The van der Waals surface area contributed by atoms with Gasteiger partial charge in [0.2, 0.25) is 0 Å². The van der Waals surface area contributed by atoms with Gasteiger partial charge in [-0.15, -0.1) is 12.4 Å². The summed E-state index contributed by atoms with van der Waals surface area (Å²) in [7, 11) is 0. The van der Waals surface area contributed by atoms with Crippen molar-refractivity contribution in [3.63, 3.8) is 0 Å². The van der Waals surface area contributed by atoms with Crippen LogP contribution >= 0.6 is 12.4 Å². The van der Waals surface area contributed by atoms with E-state index in [1.54, 1.807) is 0 Å². The lowest BCUT2D eigenvalue weighted by Gasteiger charge is -2.44. The highest BCUT2D eigenvalue weighted by Crippen LogP contribution is 2.32. The molecule has 2 nitrogen and oxygen atoms in total. The number of rotatable bonds is 0. The van der Waals surface area contributed by atoms with E-state index in [4.69, 9.17) is 4.74 Å². The molecular weight excluding hydrogens is 150 g/mol. The number of piperidine rings is 1. The molecule has 0 aromatic rings. The zero-order valence-corrected chi connectivity index (χ0v) is 6.88. The minimum atomic E-state index is 0. The molecule has 0 aliphatic carbocycles. The molecule has 1 spiro atoms. The maximum atomic E-state index is 5.50. The van der Waals surface area contributed by atoms with E-state index in [0.29, 0.717) is 0 Å². The van der Waals surface area contributed by atoms with Crippen LogP contribution in [0.15, 0.2) is 0 Å². The predicted molar refractivity (Wildman–Crippen MR) is 42.7 cm³/mol. The Balaban J connectivity index is 0.000000500. The fraction of sp³-hybridized carbons (Fsp3) is 1.00. The van der Waals surface area contributed by atoms with Gasteiger partial charge in [-0.2, -0.15) is 0 Å². The summed E-state index contributed by atoms with van der Waals surface area (Å²) >= 11 is 0. The zero-order chi connectivity index (χ0) is 6.16. The van der Waals surface area contributed by atoms with E-state index in [0.717, 1.165) is 13.2 Å². The van der Waals surface area contributed by atoms with Gasteiger partial charge in [-0.3, -0.25) is 0 Å². The summed E-state index contributed by atoms with van der Waals surface area (Å²) in [5, 5.41) is 3.35. The summed E-state index contributed by atoms with van der Waals surface area (Å²) in [6.45, 7) is 3.26. The number of hydrogen-bond donors (Lipinski definition) is 1. The lowest BCUT2D eigenvalue weighted by Crippen LogP contribution is -2.54. The SMILES string of the molecule is C1CNCC2(C1)CCO2.Cl. The molecule has 2 saturated heterocycles. The Kier molecular flexibility index (Phi) is 2.55. The van der Waals surface area contributed by atoms with E-state index in [1.807, 2.05) is 0 Å². The van der Waals surface area contributed by atoms with Gasteiger partial charge in [0.25, 0.3) is 0 Å². The molecule has 0 amide bonds. The van der Waals surface area contributed by atoms with Gasteiger partial charge >= 0.3 is 0 Å². The molecule has 1 unspecified atom stereocenters. The first-order valence-corrected chi connectivity index (χ1v) is 3.76. The molecule has 0 bridgehead atoms. The second-order valence-electron chi connectivity index (χ2n) is 3.06. The quantitative estimate of drug-likeness (QED) is 0.574. The van der Waals surface area contributed by atoms with Crippen LogP contribution in [0.25, 0.3) is 0 Å². The van der Waals surface area contributed by atoms with Crippen LogP contribution in [0.3, 0.4) is 0 Å².